The van der Waals surface area contributed by atoms with E-state index in [4.69, 9.17) is 10.5 Å². The van der Waals surface area contributed by atoms with Crippen LogP contribution in [0.4, 0.5) is 0 Å². The van der Waals surface area contributed by atoms with Gasteiger partial charge in [0.2, 0.25) is 0 Å². The molecule has 0 radical (unpaired) electrons. The van der Waals surface area contributed by atoms with Crippen LogP contribution >= 0.6 is 0 Å². The Morgan fingerprint density at radius 1 is 1.35 bits per heavy atom. The highest BCUT2D eigenvalue weighted by Crippen LogP contribution is 2.37. The number of ketones is 1. The fourth-order valence-electron chi connectivity index (χ4n) is 2.15. The SMILES string of the molecule is NCCOCC(=O)c1ccccc1C1CCC1. The molecule has 0 atom stereocenters. The molecule has 2 rings (SSSR count). The Bertz CT molecular complexity index is 386. The molecule has 1 aromatic carbocycles. The van der Waals surface area contributed by atoms with Crippen molar-refractivity contribution < 1.29 is 9.53 Å². The van der Waals surface area contributed by atoms with Crippen LogP contribution in [0.3, 0.4) is 0 Å². The van der Waals surface area contributed by atoms with Crippen molar-refractivity contribution in [3.05, 3.63) is 35.4 Å². The molecule has 0 spiro atoms. The van der Waals surface area contributed by atoms with Crippen molar-refractivity contribution in [3.63, 3.8) is 0 Å². The average Bonchev–Trinajstić information content (AvgIpc) is 2.28. The van der Waals surface area contributed by atoms with Crippen LogP contribution in [-0.4, -0.2) is 25.5 Å². The lowest BCUT2D eigenvalue weighted by Gasteiger charge is -2.27. The zero-order valence-electron chi connectivity index (χ0n) is 10.0. The Kier molecular flexibility index (Phi) is 4.29. The summed E-state index contributed by atoms with van der Waals surface area (Å²) in [5.41, 5.74) is 7.35. The molecule has 1 aliphatic rings. The Morgan fingerprint density at radius 2 is 2.12 bits per heavy atom. The molecule has 0 aliphatic heterocycles. The molecule has 3 heteroatoms. The number of rotatable bonds is 6. The van der Waals surface area contributed by atoms with E-state index in [2.05, 4.69) is 6.07 Å². The molecule has 3 nitrogen and oxygen atoms in total. The van der Waals surface area contributed by atoms with E-state index < -0.39 is 0 Å². The van der Waals surface area contributed by atoms with Crippen LogP contribution in [0.2, 0.25) is 0 Å². The van der Waals surface area contributed by atoms with E-state index in [1.165, 1.54) is 24.8 Å². The van der Waals surface area contributed by atoms with Gasteiger partial charge in [-0.3, -0.25) is 4.79 Å². The Hall–Kier alpha value is -1.19. The summed E-state index contributed by atoms with van der Waals surface area (Å²) >= 11 is 0. The summed E-state index contributed by atoms with van der Waals surface area (Å²) in [7, 11) is 0. The summed E-state index contributed by atoms with van der Waals surface area (Å²) in [6.07, 6.45) is 3.68. The van der Waals surface area contributed by atoms with Crippen LogP contribution in [-0.2, 0) is 4.74 Å². The minimum atomic E-state index is 0.0703. The van der Waals surface area contributed by atoms with Crippen molar-refractivity contribution in [2.75, 3.05) is 19.8 Å². The van der Waals surface area contributed by atoms with Gasteiger partial charge >= 0.3 is 0 Å². The molecule has 1 saturated carbocycles. The van der Waals surface area contributed by atoms with Crippen molar-refractivity contribution in [2.24, 2.45) is 5.73 Å². The fourth-order valence-corrected chi connectivity index (χ4v) is 2.15. The van der Waals surface area contributed by atoms with Gasteiger partial charge < -0.3 is 10.5 Å². The Balaban J connectivity index is 2.05. The number of benzene rings is 1. The van der Waals surface area contributed by atoms with E-state index >= 15 is 0 Å². The maximum atomic E-state index is 12.0. The number of Topliss-reactive ketones (excluding diaryl/α,β-unsaturated/α-hetero) is 1. The number of carbonyl (C=O) groups is 1. The summed E-state index contributed by atoms with van der Waals surface area (Å²) in [4.78, 5) is 12.0. The quantitative estimate of drug-likeness (QED) is 0.605. The first-order chi connectivity index (χ1) is 8.33. The second-order valence-corrected chi connectivity index (χ2v) is 4.48. The van der Waals surface area contributed by atoms with E-state index in [0.29, 0.717) is 19.1 Å². The van der Waals surface area contributed by atoms with E-state index in [1.54, 1.807) is 0 Å². The molecule has 1 fully saturated rings. The third kappa shape index (κ3) is 2.93. The number of nitrogens with two attached hydrogens (primary N) is 1. The molecule has 0 amide bonds. The topological polar surface area (TPSA) is 52.3 Å². The largest absolute Gasteiger partial charge is 0.372 e. The first-order valence-electron chi connectivity index (χ1n) is 6.23. The molecule has 1 aliphatic carbocycles. The van der Waals surface area contributed by atoms with E-state index in [-0.39, 0.29) is 12.4 Å². The molecule has 0 saturated heterocycles. The van der Waals surface area contributed by atoms with Gasteiger partial charge in [-0.1, -0.05) is 30.7 Å². The number of hydrogen-bond acceptors (Lipinski definition) is 3. The standard InChI is InChI=1S/C14H19NO2/c15-8-9-17-10-14(16)13-7-2-1-6-12(13)11-4-3-5-11/h1-2,6-7,11H,3-5,8-10,15H2. The molecule has 0 unspecified atom stereocenters. The monoisotopic (exact) mass is 233 g/mol. The van der Waals surface area contributed by atoms with Gasteiger partial charge in [0.1, 0.15) is 6.61 Å². The normalized spacial score (nSPS) is 15.6. The van der Waals surface area contributed by atoms with Crippen LogP contribution in [0.5, 0.6) is 0 Å². The predicted octanol–water partition coefficient (Wildman–Crippen LogP) is 2.11. The van der Waals surface area contributed by atoms with Gasteiger partial charge in [0.15, 0.2) is 5.78 Å². The van der Waals surface area contributed by atoms with Gasteiger partial charge in [-0.15, -0.1) is 0 Å². The Morgan fingerprint density at radius 3 is 2.76 bits per heavy atom. The lowest BCUT2D eigenvalue weighted by atomic mass is 9.77. The number of ether oxygens (including phenoxy) is 1. The second kappa shape index (κ2) is 5.94. The molecule has 0 bridgehead atoms. The van der Waals surface area contributed by atoms with Crippen molar-refractivity contribution in [1.29, 1.82) is 0 Å². The molecule has 92 valence electrons. The molecular formula is C14H19NO2. The van der Waals surface area contributed by atoms with E-state index in [1.807, 2.05) is 18.2 Å². The fraction of sp³-hybridized carbons (Fsp3) is 0.500. The van der Waals surface area contributed by atoms with Gasteiger partial charge in [0.05, 0.1) is 6.61 Å². The second-order valence-electron chi connectivity index (χ2n) is 4.48. The smallest absolute Gasteiger partial charge is 0.188 e. The molecule has 2 N–H and O–H groups in total. The van der Waals surface area contributed by atoms with Crippen LogP contribution < -0.4 is 5.73 Å². The molecule has 1 aromatic rings. The van der Waals surface area contributed by atoms with Crippen LogP contribution in [0.15, 0.2) is 24.3 Å². The lowest BCUT2D eigenvalue weighted by molar-refractivity contribution is 0.0772. The van der Waals surface area contributed by atoms with Gasteiger partial charge in [-0.25, -0.2) is 0 Å². The first kappa shape index (κ1) is 12.3. The summed E-state index contributed by atoms with van der Waals surface area (Å²) in [6.45, 7) is 1.04. The van der Waals surface area contributed by atoms with Crippen molar-refractivity contribution in [2.45, 2.75) is 25.2 Å². The maximum absolute atomic E-state index is 12.0. The third-order valence-corrected chi connectivity index (χ3v) is 3.30. The zero-order chi connectivity index (χ0) is 12.1. The van der Waals surface area contributed by atoms with Crippen LogP contribution in [0.1, 0.15) is 41.1 Å². The van der Waals surface area contributed by atoms with E-state index in [9.17, 15) is 4.79 Å². The van der Waals surface area contributed by atoms with Crippen molar-refractivity contribution >= 4 is 5.78 Å². The highest BCUT2D eigenvalue weighted by molar-refractivity contribution is 5.98. The van der Waals surface area contributed by atoms with Gasteiger partial charge in [0.25, 0.3) is 0 Å². The van der Waals surface area contributed by atoms with Gasteiger partial charge in [-0.05, 0) is 24.3 Å². The molecular weight excluding hydrogens is 214 g/mol. The summed E-state index contributed by atoms with van der Waals surface area (Å²) in [5, 5.41) is 0. The number of hydrogen-bond donors (Lipinski definition) is 1. The Labute approximate surface area is 102 Å². The van der Waals surface area contributed by atoms with Crippen LogP contribution in [0, 0.1) is 0 Å². The maximum Gasteiger partial charge on any atom is 0.188 e. The van der Waals surface area contributed by atoms with Gasteiger partial charge in [-0.2, -0.15) is 0 Å². The summed E-state index contributed by atoms with van der Waals surface area (Å²) in [5.74, 6) is 0.644. The average molecular weight is 233 g/mol. The molecule has 0 aromatic heterocycles. The summed E-state index contributed by atoms with van der Waals surface area (Å²) in [6, 6.07) is 7.89. The molecule has 17 heavy (non-hydrogen) atoms. The first-order valence-corrected chi connectivity index (χ1v) is 6.23. The number of carbonyl (C=O) groups excluding carboxylic acids is 1. The van der Waals surface area contributed by atoms with E-state index in [0.717, 1.165) is 5.56 Å². The zero-order valence-corrected chi connectivity index (χ0v) is 10.0. The third-order valence-electron chi connectivity index (χ3n) is 3.30. The predicted molar refractivity (Wildman–Crippen MR) is 67.2 cm³/mol. The lowest BCUT2D eigenvalue weighted by Crippen LogP contribution is -2.18. The van der Waals surface area contributed by atoms with Crippen molar-refractivity contribution in [3.8, 4) is 0 Å². The molecule has 0 heterocycles. The minimum Gasteiger partial charge on any atom is -0.372 e. The van der Waals surface area contributed by atoms with Crippen LogP contribution in [0.25, 0.3) is 0 Å². The highest BCUT2D eigenvalue weighted by atomic mass is 16.5. The minimum absolute atomic E-state index is 0.0703. The summed E-state index contributed by atoms with van der Waals surface area (Å²) < 4.78 is 5.21. The van der Waals surface area contributed by atoms with Crippen molar-refractivity contribution in [1.82, 2.24) is 0 Å². The highest BCUT2D eigenvalue weighted by Gasteiger charge is 2.23. The van der Waals surface area contributed by atoms with Gasteiger partial charge in [0, 0.05) is 12.1 Å².